The second-order valence-corrected chi connectivity index (χ2v) is 4.50. The molecule has 1 N–H and O–H groups in total. The molecule has 2 heteroatoms. The summed E-state index contributed by atoms with van der Waals surface area (Å²) in [5, 5.41) is 12.2. The van der Waals surface area contributed by atoms with Crippen molar-refractivity contribution in [2.24, 2.45) is 5.92 Å². The molecule has 16 heavy (non-hydrogen) atoms. The van der Waals surface area contributed by atoms with E-state index >= 15 is 0 Å². The van der Waals surface area contributed by atoms with Crippen molar-refractivity contribution in [3.8, 4) is 6.07 Å². The number of hydrogen-bond donors (Lipinski definition) is 1. The molecule has 84 valence electrons. The predicted molar refractivity (Wildman–Crippen MR) is 66.0 cm³/mol. The highest BCUT2D eigenvalue weighted by Crippen LogP contribution is 2.31. The van der Waals surface area contributed by atoms with E-state index in [-0.39, 0.29) is 0 Å². The molecule has 2 atom stereocenters. The second-order valence-electron chi connectivity index (χ2n) is 4.50. The van der Waals surface area contributed by atoms with Crippen molar-refractivity contribution in [1.82, 2.24) is 0 Å². The van der Waals surface area contributed by atoms with E-state index in [1.807, 2.05) is 6.07 Å². The van der Waals surface area contributed by atoms with Crippen molar-refractivity contribution in [2.45, 2.75) is 38.1 Å². The quantitative estimate of drug-likeness (QED) is 0.831. The minimum atomic E-state index is 0.566. The van der Waals surface area contributed by atoms with Gasteiger partial charge in [0, 0.05) is 18.2 Å². The molecule has 0 saturated heterocycles. The number of nitriles is 1. The van der Waals surface area contributed by atoms with Crippen LogP contribution >= 0.6 is 0 Å². The zero-order valence-electron chi connectivity index (χ0n) is 9.52. The molecule has 2 unspecified atom stereocenters. The molecular weight excluding hydrogens is 196 g/mol. The number of anilines is 1. The van der Waals surface area contributed by atoms with Gasteiger partial charge >= 0.3 is 0 Å². The van der Waals surface area contributed by atoms with Crippen LogP contribution in [0, 0.1) is 17.2 Å². The van der Waals surface area contributed by atoms with Crippen LogP contribution in [0.3, 0.4) is 0 Å². The minimum absolute atomic E-state index is 0.566. The summed E-state index contributed by atoms with van der Waals surface area (Å²) in [6.07, 6.45) is 5.54. The highest BCUT2D eigenvalue weighted by molar-refractivity contribution is 5.43. The molecule has 0 bridgehead atoms. The molecule has 1 aromatic rings. The Kier molecular flexibility index (Phi) is 3.82. The van der Waals surface area contributed by atoms with Gasteiger partial charge in [-0.15, -0.1) is 0 Å². The van der Waals surface area contributed by atoms with Gasteiger partial charge in [0.05, 0.1) is 6.07 Å². The normalized spacial score (nSPS) is 23.9. The Morgan fingerprint density at radius 3 is 2.81 bits per heavy atom. The number of nitrogens with zero attached hydrogens (tertiary/aromatic N) is 1. The summed E-state index contributed by atoms with van der Waals surface area (Å²) in [5.74, 6) is 0.680. The largest absolute Gasteiger partial charge is 0.382 e. The fourth-order valence-corrected chi connectivity index (χ4v) is 2.57. The van der Waals surface area contributed by atoms with E-state index in [1.54, 1.807) is 0 Å². The van der Waals surface area contributed by atoms with Gasteiger partial charge in [0.2, 0.25) is 0 Å². The van der Waals surface area contributed by atoms with Gasteiger partial charge in [-0.05, 0) is 37.3 Å². The Bertz CT molecular complexity index is 353. The number of hydrogen-bond acceptors (Lipinski definition) is 2. The molecule has 0 aliphatic heterocycles. The molecule has 2 rings (SSSR count). The molecule has 0 amide bonds. The number of para-hydroxylation sites is 1. The summed E-state index contributed by atoms with van der Waals surface area (Å²) in [6, 6.07) is 13.2. The predicted octanol–water partition coefficient (Wildman–Crippen LogP) is 3.57. The van der Waals surface area contributed by atoms with Crippen molar-refractivity contribution in [3.63, 3.8) is 0 Å². The first-order valence-corrected chi connectivity index (χ1v) is 6.08. The summed E-state index contributed by atoms with van der Waals surface area (Å²) in [4.78, 5) is 0. The Morgan fingerprint density at radius 1 is 1.25 bits per heavy atom. The lowest BCUT2D eigenvalue weighted by Crippen LogP contribution is -2.23. The van der Waals surface area contributed by atoms with Gasteiger partial charge in [-0.3, -0.25) is 0 Å². The van der Waals surface area contributed by atoms with E-state index in [2.05, 4.69) is 35.7 Å². The highest BCUT2D eigenvalue weighted by atomic mass is 14.9. The summed E-state index contributed by atoms with van der Waals surface area (Å²) < 4.78 is 0. The first-order chi connectivity index (χ1) is 7.90. The maximum absolute atomic E-state index is 8.63. The molecule has 2 nitrogen and oxygen atoms in total. The smallest absolute Gasteiger partial charge is 0.0621 e. The Balaban J connectivity index is 1.91. The summed E-state index contributed by atoms with van der Waals surface area (Å²) in [5.41, 5.74) is 1.20. The van der Waals surface area contributed by atoms with Crippen molar-refractivity contribution >= 4 is 5.69 Å². The molecule has 0 aromatic heterocycles. The van der Waals surface area contributed by atoms with Gasteiger partial charge in [0.25, 0.3) is 0 Å². The second kappa shape index (κ2) is 5.55. The molecular formula is C14H18N2. The van der Waals surface area contributed by atoms with Crippen LogP contribution < -0.4 is 5.32 Å². The first kappa shape index (κ1) is 11.0. The van der Waals surface area contributed by atoms with Gasteiger partial charge < -0.3 is 5.32 Å². The standard InChI is InChI=1S/C14H18N2/c15-11-5-7-12-6-4-10-14(12)16-13-8-2-1-3-9-13/h1-3,8-9,12,14,16H,4-7,10H2. The third-order valence-corrected chi connectivity index (χ3v) is 3.41. The number of nitrogens with one attached hydrogen (secondary N) is 1. The van der Waals surface area contributed by atoms with Crippen molar-refractivity contribution < 1.29 is 0 Å². The van der Waals surface area contributed by atoms with E-state index in [1.165, 1.54) is 24.9 Å². The van der Waals surface area contributed by atoms with Crippen LogP contribution in [0.2, 0.25) is 0 Å². The molecule has 1 fully saturated rings. The van der Waals surface area contributed by atoms with Crippen LogP contribution in [0.4, 0.5) is 5.69 Å². The Labute approximate surface area is 97.3 Å². The van der Waals surface area contributed by atoms with Crippen LogP contribution in [0.15, 0.2) is 30.3 Å². The van der Waals surface area contributed by atoms with Crippen molar-refractivity contribution in [3.05, 3.63) is 30.3 Å². The zero-order chi connectivity index (χ0) is 11.2. The zero-order valence-corrected chi connectivity index (χ0v) is 9.52. The average molecular weight is 214 g/mol. The SMILES string of the molecule is N#CCCC1CCCC1Nc1ccccc1. The molecule has 0 spiro atoms. The number of rotatable bonds is 4. The monoisotopic (exact) mass is 214 g/mol. The molecule has 1 aliphatic rings. The molecule has 0 heterocycles. The van der Waals surface area contributed by atoms with Crippen LogP contribution in [-0.2, 0) is 0 Å². The van der Waals surface area contributed by atoms with Gasteiger partial charge in [-0.1, -0.05) is 24.6 Å². The van der Waals surface area contributed by atoms with Crippen molar-refractivity contribution in [1.29, 1.82) is 5.26 Å². The van der Waals surface area contributed by atoms with E-state index in [0.29, 0.717) is 18.4 Å². The van der Waals surface area contributed by atoms with Gasteiger partial charge in [-0.25, -0.2) is 0 Å². The Hall–Kier alpha value is -1.49. The van der Waals surface area contributed by atoms with Gasteiger partial charge in [-0.2, -0.15) is 5.26 Å². The lowest BCUT2D eigenvalue weighted by molar-refractivity contribution is 0.473. The molecule has 1 aromatic carbocycles. The van der Waals surface area contributed by atoms with E-state index < -0.39 is 0 Å². The topological polar surface area (TPSA) is 35.8 Å². The van der Waals surface area contributed by atoms with Gasteiger partial charge in [0.15, 0.2) is 0 Å². The third-order valence-electron chi connectivity index (χ3n) is 3.41. The summed E-state index contributed by atoms with van der Waals surface area (Å²) in [6.45, 7) is 0. The lowest BCUT2D eigenvalue weighted by Gasteiger charge is -2.21. The Morgan fingerprint density at radius 2 is 2.06 bits per heavy atom. The highest BCUT2D eigenvalue weighted by Gasteiger charge is 2.26. The summed E-state index contributed by atoms with van der Waals surface area (Å²) >= 11 is 0. The van der Waals surface area contributed by atoms with E-state index in [4.69, 9.17) is 5.26 Å². The lowest BCUT2D eigenvalue weighted by atomic mass is 9.98. The fourth-order valence-electron chi connectivity index (χ4n) is 2.57. The minimum Gasteiger partial charge on any atom is -0.382 e. The average Bonchev–Trinajstić information content (AvgIpc) is 2.75. The fraction of sp³-hybridized carbons (Fsp3) is 0.500. The van der Waals surface area contributed by atoms with Crippen LogP contribution in [0.1, 0.15) is 32.1 Å². The van der Waals surface area contributed by atoms with Gasteiger partial charge in [0.1, 0.15) is 0 Å². The van der Waals surface area contributed by atoms with Crippen LogP contribution in [0.25, 0.3) is 0 Å². The van der Waals surface area contributed by atoms with Crippen LogP contribution in [0.5, 0.6) is 0 Å². The van der Waals surface area contributed by atoms with E-state index in [0.717, 1.165) is 6.42 Å². The number of benzene rings is 1. The first-order valence-electron chi connectivity index (χ1n) is 6.08. The summed E-state index contributed by atoms with van der Waals surface area (Å²) in [7, 11) is 0. The van der Waals surface area contributed by atoms with Crippen LogP contribution in [-0.4, -0.2) is 6.04 Å². The molecule has 1 aliphatic carbocycles. The maximum Gasteiger partial charge on any atom is 0.0621 e. The van der Waals surface area contributed by atoms with E-state index in [9.17, 15) is 0 Å². The third kappa shape index (κ3) is 2.76. The molecule has 0 radical (unpaired) electrons. The molecule has 1 saturated carbocycles. The maximum atomic E-state index is 8.63. The van der Waals surface area contributed by atoms with Crippen molar-refractivity contribution in [2.75, 3.05) is 5.32 Å².